The Kier molecular flexibility index (Phi) is 5.15. The first-order valence-electron chi connectivity index (χ1n) is 5.11. The topological polar surface area (TPSA) is 55.8 Å². The highest BCUT2D eigenvalue weighted by Crippen LogP contribution is 2.32. The predicted octanol–water partition coefficient (Wildman–Crippen LogP) is 3.06. The van der Waals surface area contributed by atoms with Gasteiger partial charge in [-0.3, -0.25) is 0 Å². The third-order valence-electron chi connectivity index (χ3n) is 2.07. The summed E-state index contributed by atoms with van der Waals surface area (Å²) in [5.41, 5.74) is -0.136. The monoisotopic (exact) mass is 318 g/mol. The van der Waals surface area contributed by atoms with Crippen LogP contribution in [0.15, 0.2) is 22.7 Å². The molecule has 0 saturated carbocycles. The van der Waals surface area contributed by atoms with E-state index in [4.69, 9.17) is 4.74 Å². The van der Waals surface area contributed by atoms with Crippen molar-refractivity contribution in [1.29, 1.82) is 0 Å². The molecule has 0 spiro atoms. The van der Waals surface area contributed by atoms with E-state index in [1.807, 2.05) is 0 Å². The van der Waals surface area contributed by atoms with E-state index in [9.17, 15) is 14.3 Å². The van der Waals surface area contributed by atoms with Crippen molar-refractivity contribution in [2.45, 2.75) is 6.92 Å². The third-order valence-corrected chi connectivity index (χ3v) is 2.69. The van der Waals surface area contributed by atoms with Crippen molar-refractivity contribution in [3.8, 4) is 5.75 Å². The van der Waals surface area contributed by atoms with Crippen LogP contribution < -0.4 is 4.74 Å². The Balaban J connectivity index is 3.14. The normalized spacial score (nSPS) is 11.2. The summed E-state index contributed by atoms with van der Waals surface area (Å²) in [6, 6.07) is 2.83. The second-order valence-corrected chi connectivity index (χ2v) is 4.08. The second kappa shape index (κ2) is 6.39. The number of ether oxygens (including phenoxy) is 2. The zero-order chi connectivity index (χ0) is 13.7. The molecule has 1 N–H and O–H groups in total. The van der Waals surface area contributed by atoms with Crippen molar-refractivity contribution < 1.29 is 23.8 Å². The third kappa shape index (κ3) is 3.22. The molecule has 0 saturated heterocycles. The van der Waals surface area contributed by atoms with Gasteiger partial charge in [-0.05, 0) is 35.0 Å². The van der Waals surface area contributed by atoms with Crippen molar-refractivity contribution in [2.75, 3.05) is 13.7 Å². The maximum atomic E-state index is 13.9. The van der Waals surface area contributed by atoms with Gasteiger partial charge in [-0.1, -0.05) is 0 Å². The highest BCUT2D eigenvalue weighted by atomic mass is 79.9. The standard InChI is InChI=1S/C12H12BrFO4/c1-3-18-10(16)6-9(15)7-4-5-8(13)12(17-2)11(7)14/h4-6,15H,3H2,1-2H3. The van der Waals surface area contributed by atoms with Crippen molar-refractivity contribution >= 4 is 27.7 Å². The van der Waals surface area contributed by atoms with Crippen molar-refractivity contribution in [1.82, 2.24) is 0 Å². The maximum Gasteiger partial charge on any atom is 0.334 e. The molecule has 0 radical (unpaired) electrons. The average molecular weight is 319 g/mol. The number of methoxy groups -OCH3 is 1. The molecule has 98 valence electrons. The van der Waals surface area contributed by atoms with Crippen molar-refractivity contribution in [3.05, 3.63) is 34.1 Å². The molecule has 1 rings (SSSR count). The fourth-order valence-electron chi connectivity index (χ4n) is 1.29. The van der Waals surface area contributed by atoms with Crippen LogP contribution in [0.2, 0.25) is 0 Å². The number of rotatable bonds is 4. The van der Waals surface area contributed by atoms with E-state index < -0.39 is 17.5 Å². The lowest BCUT2D eigenvalue weighted by atomic mass is 10.1. The van der Waals surface area contributed by atoms with Crippen molar-refractivity contribution in [3.63, 3.8) is 0 Å². The van der Waals surface area contributed by atoms with Crippen LogP contribution in [-0.2, 0) is 9.53 Å². The summed E-state index contributed by atoms with van der Waals surface area (Å²) in [6.45, 7) is 1.81. The van der Waals surface area contributed by atoms with Gasteiger partial charge in [0.15, 0.2) is 11.6 Å². The van der Waals surface area contributed by atoms with Gasteiger partial charge in [0.25, 0.3) is 0 Å². The number of halogens is 2. The molecule has 0 unspecified atom stereocenters. The molecule has 0 heterocycles. The average Bonchev–Trinajstić information content (AvgIpc) is 2.29. The lowest BCUT2D eigenvalue weighted by molar-refractivity contribution is -0.137. The van der Waals surface area contributed by atoms with Crippen LogP contribution in [0.4, 0.5) is 4.39 Å². The Bertz CT molecular complexity index is 485. The number of hydrogen-bond acceptors (Lipinski definition) is 4. The van der Waals surface area contributed by atoms with Gasteiger partial charge in [-0.2, -0.15) is 0 Å². The Hall–Kier alpha value is -1.56. The maximum absolute atomic E-state index is 13.9. The summed E-state index contributed by atoms with van der Waals surface area (Å²) < 4.78 is 23.8. The number of aliphatic hydroxyl groups excluding tert-OH is 1. The molecular formula is C12H12BrFO4. The molecular weight excluding hydrogens is 307 g/mol. The fraction of sp³-hybridized carbons (Fsp3) is 0.250. The quantitative estimate of drug-likeness (QED) is 0.526. The molecule has 0 aliphatic heterocycles. The summed E-state index contributed by atoms with van der Waals surface area (Å²) >= 11 is 3.11. The minimum atomic E-state index is -0.759. The highest BCUT2D eigenvalue weighted by Gasteiger charge is 2.16. The Morgan fingerprint density at radius 1 is 1.56 bits per heavy atom. The number of carbonyl (C=O) groups is 1. The molecule has 0 atom stereocenters. The molecule has 0 aliphatic rings. The SMILES string of the molecule is CCOC(=O)C=C(O)c1ccc(Br)c(OC)c1F. The van der Waals surface area contributed by atoms with Crippen LogP contribution >= 0.6 is 15.9 Å². The van der Waals surface area contributed by atoms with Crippen LogP contribution in [0, 0.1) is 5.82 Å². The number of hydrogen-bond donors (Lipinski definition) is 1. The number of esters is 1. The van der Waals surface area contributed by atoms with Crippen LogP contribution in [0.3, 0.4) is 0 Å². The molecule has 1 aromatic rings. The Labute approximate surface area is 112 Å². The summed E-state index contributed by atoms with van der Waals surface area (Å²) in [5.74, 6) is -2.06. The van der Waals surface area contributed by atoms with Gasteiger partial charge in [0.2, 0.25) is 0 Å². The van der Waals surface area contributed by atoms with Gasteiger partial charge >= 0.3 is 5.97 Å². The summed E-state index contributed by atoms with van der Waals surface area (Å²) in [7, 11) is 1.30. The number of carbonyl (C=O) groups excluding carboxylic acids is 1. The summed E-state index contributed by atoms with van der Waals surface area (Å²) in [6.07, 6.45) is 0.815. The van der Waals surface area contributed by atoms with Gasteiger partial charge < -0.3 is 14.6 Å². The molecule has 6 heteroatoms. The first-order valence-corrected chi connectivity index (χ1v) is 5.90. The molecule has 4 nitrogen and oxygen atoms in total. The molecule has 18 heavy (non-hydrogen) atoms. The van der Waals surface area contributed by atoms with Gasteiger partial charge in [0.1, 0.15) is 5.76 Å². The smallest absolute Gasteiger partial charge is 0.334 e. The zero-order valence-electron chi connectivity index (χ0n) is 9.87. The molecule has 0 aromatic heterocycles. The van der Waals surface area contributed by atoms with Crippen LogP contribution in [-0.4, -0.2) is 24.8 Å². The van der Waals surface area contributed by atoms with Crippen LogP contribution in [0.5, 0.6) is 5.75 Å². The van der Waals surface area contributed by atoms with Gasteiger partial charge in [-0.25, -0.2) is 9.18 Å². The van der Waals surface area contributed by atoms with E-state index in [1.54, 1.807) is 6.92 Å². The van der Waals surface area contributed by atoms with Gasteiger partial charge in [-0.15, -0.1) is 0 Å². The summed E-state index contributed by atoms with van der Waals surface area (Å²) in [5, 5.41) is 9.66. The highest BCUT2D eigenvalue weighted by molar-refractivity contribution is 9.10. The van der Waals surface area contributed by atoms with E-state index in [2.05, 4.69) is 20.7 Å². The van der Waals surface area contributed by atoms with Gasteiger partial charge in [0.05, 0.1) is 29.8 Å². The molecule has 0 amide bonds. The largest absolute Gasteiger partial charge is 0.507 e. The molecule has 1 aromatic carbocycles. The van der Waals surface area contributed by atoms with Crippen LogP contribution in [0.1, 0.15) is 12.5 Å². The lowest BCUT2D eigenvalue weighted by Gasteiger charge is -2.08. The first-order chi connectivity index (χ1) is 8.51. The second-order valence-electron chi connectivity index (χ2n) is 3.22. The van der Waals surface area contributed by atoms with Gasteiger partial charge in [0, 0.05) is 0 Å². The number of benzene rings is 1. The predicted molar refractivity (Wildman–Crippen MR) is 67.9 cm³/mol. The molecule has 0 fully saturated rings. The first kappa shape index (κ1) is 14.5. The van der Waals surface area contributed by atoms with E-state index in [1.165, 1.54) is 19.2 Å². The van der Waals surface area contributed by atoms with E-state index >= 15 is 0 Å². The summed E-state index contributed by atoms with van der Waals surface area (Å²) in [4.78, 5) is 11.1. The number of aliphatic hydroxyl groups is 1. The minimum absolute atomic E-state index is 0.0451. The minimum Gasteiger partial charge on any atom is -0.507 e. The zero-order valence-corrected chi connectivity index (χ0v) is 11.5. The molecule has 0 aliphatic carbocycles. The Morgan fingerprint density at radius 3 is 2.78 bits per heavy atom. The Morgan fingerprint density at radius 2 is 2.22 bits per heavy atom. The van der Waals surface area contributed by atoms with E-state index in [0.717, 1.165) is 6.08 Å². The lowest BCUT2D eigenvalue weighted by Crippen LogP contribution is -2.02. The van der Waals surface area contributed by atoms with Crippen LogP contribution in [0.25, 0.3) is 5.76 Å². The van der Waals surface area contributed by atoms with E-state index in [0.29, 0.717) is 4.47 Å². The van der Waals surface area contributed by atoms with Crippen molar-refractivity contribution in [2.24, 2.45) is 0 Å². The molecule has 0 bridgehead atoms. The fourth-order valence-corrected chi connectivity index (χ4v) is 1.76. The van der Waals surface area contributed by atoms with E-state index in [-0.39, 0.29) is 17.9 Å².